The Hall–Kier alpha value is -1.86. The molecule has 2 N–H and O–H groups in total. The lowest BCUT2D eigenvalue weighted by molar-refractivity contribution is -0.135. The second-order valence-electron chi connectivity index (χ2n) is 10.7. The Morgan fingerprint density at radius 1 is 1.03 bits per heavy atom. The fourth-order valence-corrected chi connectivity index (χ4v) is 6.05. The molecule has 36 heavy (non-hydrogen) atoms. The number of hydrogen-bond donors (Lipinski definition) is 1. The first-order chi connectivity index (χ1) is 17.1. The maximum absolute atomic E-state index is 15.0. The van der Waals surface area contributed by atoms with E-state index in [2.05, 4.69) is 18.7 Å². The van der Waals surface area contributed by atoms with Gasteiger partial charge in [-0.3, -0.25) is 9.69 Å². The topological polar surface area (TPSA) is 52.8 Å². The van der Waals surface area contributed by atoms with Gasteiger partial charge < -0.3 is 15.5 Å². The molecule has 0 bridgehead atoms. The number of nitrogens with two attached hydrogens (primary N) is 1. The van der Waals surface area contributed by atoms with Crippen LogP contribution in [-0.4, -0.2) is 61.0 Å². The Kier molecular flexibility index (Phi) is 8.50. The normalized spacial score (nSPS) is 22.1. The minimum atomic E-state index is -0.260. The summed E-state index contributed by atoms with van der Waals surface area (Å²) in [6, 6.07) is 10.8. The van der Waals surface area contributed by atoms with Gasteiger partial charge in [0.25, 0.3) is 0 Å². The third-order valence-corrected chi connectivity index (χ3v) is 8.32. The zero-order chi connectivity index (χ0) is 26.1. The van der Waals surface area contributed by atoms with E-state index in [1.54, 1.807) is 12.1 Å². The minimum Gasteiger partial charge on any atom is -0.365 e. The molecule has 2 aromatic rings. The van der Waals surface area contributed by atoms with Crippen molar-refractivity contribution in [2.45, 2.75) is 45.7 Å². The van der Waals surface area contributed by atoms with Gasteiger partial charge >= 0.3 is 0 Å². The van der Waals surface area contributed by atoms with Crippen molar-refractivity contribution in [1.29, 1.82) is 0 Å². The van der Waals surface area contributed by atoms with Crippen LogP contribution in [0.5, 0.6) is 0 Å². The van der Waals surface area contributed by atoms with Crippen LogP contribution >= 0.6 is 23.2 Å². The zero-order valence-electron chi connectivity index (χ0n) is 21.6. The first-order valence-electron chi connectivity index (χ1n) is 12.8. The highest BCUT2D eigenvalue weighted by atomic mass is 35.5. The molecule has 0 unspecified atom stereocenters. The summed E-state index contributed by atoms with van der Waals surface area (Å²) >= 11 is 12.7. The number of anilines is 1. The average molecular weight is 536 g/mol. The van der Waals surface area contributed by atoms with Crippen molar-refractivity contribution in [2.75, 3.05) is 44.2 Å². The number of halogens is 3. The molecule has 5 nitrogen and oxygen atoms in total. The van der Waals surface area contributed by atoms with E-state index in [9.17, 15) is 9.18 Å². The van der Waals surface area contributed by atoms with Crippen LogP contribution < -0.4 is 10.6 Å². The average Bonchev–Trinajstić information content (AvgIpc) is 3.28. The molecule has 0 aromatic heterocycles. The highest BCUT2D eigenvalue weighted by Gasteiger charge is 2.42. The molecule has 2 heterocycles. The second-order valence-corrected chi connectivity index (χ2v) is 11.5. The summed E-state index contributed by atoms with van der Waals surface area (Å²) in [5.41, 5.74) is 8.79. The van der Waals surface area contributed by atoms with Crippen molar-refractivity contribution >= 4 is 34.8 Å². The van der Waals surface area contributed by atoms with Crippen LogP contribution in [0.25, 0.3) is 0 Å². The largest absolute Gasteiger partial charge is 0.365 e. The highest BCUT2D eigenvalue weighted by molar-refractivity contribution is 6.35. The highest BCUT2D eigenvalue weighted by Crippen LogP contribution is 2.39. The van der Waals surface area contributed by atoms with Gasteiger partial charge in [-0.1, -0.05) is 55.2 Å². The Balaban J connectivity index is 1.52. The van der Waals surface area contributed by atoms with Crippen LogP contribution in [0.1, 0.15) is 50.8 Å². The van der Waals surface area contributed by atoms with Crippen molar-refractivity contribution in [2.24, 2.45) is 17.6 Å². The van der Waals surface area contributed by atoms with Crippen LogP contribution in [0.3, 0.4) is 0 Å². The number of para-hydroxylation sites is 1. The molecular formula is C28H37Cl2FN4O. The van der Waals surface area contributed by atoms with Crippen molar-refractivity contribution < 1.29 is 9.18 Å². The third kappa shape index (κ3) is 5.52. The summed E-state index contributed by atoms with van der Waals surface area (Å²) in [6.07, 6.45) is 0. The van der Waals surface area contributed by atoms with Gasteiger partial charge in [0.2, 0.25) is 5.91 Å². The number of piperazine rings is 1. The van der Waals surface area contributed by atoms with Gasteiger partial charge in [-0.15, -0.1) is 0 Å². The smallest absolute Gasteiger partial charge is 0.227 e. The Morgan fingerprint density at radius 2 is 1.72 bits per heavy atom. The van der Waals surface area contributed by atoms with Crippen molar-refractivity contribution in [3.05, 3.63) is 63.4 Å². The number of nitrogens with zero attached hydrogens (tertiary/aromatic N) is 3. The molecular weight excluding hydrogens is 498 g/mol. The van der Waals surface area contributed by atoms with Gasteiger partial charge in [0, 0.05) is 67.3 Å². The summed E-state index contributed by atoms with van der Waals surface area (Å²) in [5, 5.41) is 1.19. The standard InChI is InChI=1S/C28H37Cl2FN4O/c1-17(2)26(32)21-6-5-7-25(31)27(21)33-10-12-34(13-11-33)28(36)23-16-35(18(3)4)15-22(23)20-9-8-19(29)14-24(20)30/h5-9,14,17-18,22-23,26H,10-13,15-16,32H2,1-4H3/t22-,23+,26+/m1/s1. The molecule has 4 rings (SSSR count). The molecule has 196 valence electrons. The first kappa shape index (κ1) is 27.2. The SMILES string of the molecule is CC(C)[C@H](N)c1cccc(F)c1N1CCN(C(=O)[C@H]2CN(C(C)C)C[C@@H]2c2ccc(Cl)cc2Cl)CC1. The Bertz CT molecular complexity index is 1090. The molecule has 1 amide bonds. The predicted molar refractivity (Wildman–Crippen MR) is 146 cm³/mol. The van der Waals surface area contributed by atoms with E-state index in [4.69, 9.17) is 28.9 Å². The summed E-state index contributed by atoms with van der Waals surface area (Å²) in [6.45, 7) is 12.1. The van der Waals surface area contributed by atoms with Crippen LogP contribution in [0.2, 0.25) is 10.0 Å². The van der Waals surface area contributed by atoms with E-state index in [1.165, 1.54) is 6.07 Å². The van der Waals surface area contributed by atoms with Gasteiger partial charge in [-0.25, -0.2) is 4.39 Å². The number of rotatable bonds is 6. The summed E-state index contributed by atoms with van der Waals surface area (Å²) in [5.74, 6) is -0.108. The minimum absolute atomic E-state index is 0.00454. The van der Waals surface area contributed by atoms with E-state index >= 15 is 0 Å². The maximum atomic E-state index is 15.0. The van der Waals surface area contributed by atoms with E-state index in [-0.39, 0.29) is 35.5 Å². The van der Waals surface area contributed by atoms with Gasteiger partial charge in [-0.05, 0) is 49.1 Å². The van der Waals surface area contributed by atoms with Crippen LogP contribution in [0, 0.1) is 17.7 Å². The molecule has 2 aromatic carbocycles. The van der Waals surface area contributed by atoms with Gasteiger partial charge in [-0.2, -0.15) is 0 Å². The number of carbonyl (C=O) groups is 1. The van der Waals surface area contributed by atoms with E-state index in [0.29, 0.717) is 54.5 Å². The Morgan fingerprint density at radius 3 is 2.33 bits per heavy atom. The predicted octanol–water partition coefficient (Wildman–Crippen LogP) is 5.56. The van der Waals surface area contributed by atoms with Crippen LogP contribution in [-0.2, 0) is 4.79 Å². The molecule has 0 saturated carbocycles. The third-order valence-electron chi connectivity index (χ3n) is 7.76. The molecule has 3 atom stereocenters. The molecule has 0 aliphatic carbocycles. The fourth-order valence-electron chi connectivity index (χ4n) is 5.50. The van der Waals surface area contributed by atoms with Gasteiger partial charge in [0.1, 0.15) is 5.82 Å². The lowest BCUT2D eigenvalue weighted by atomic mass is 9.87. The second kappa shape index (κ2) is 11.3. The van der Waals surface area contributed by atoms with E-state index in [0.717, 1.165) is 17.7 Å². The molecule has 2 fully saturated rings. The first-order valence-corrected chi connectivity index (χ1v) is 13.6. The summed E-state index contributed by atoms with van der Waals surface area (Å²) in [7, 11) is 0. The van der Waals surface area contributed by atoms with Gasteiger partial charge in [0.15, 0.2) is 0 Å². The number of amides is 1. The van der Waals surface area contributed by atoms with Gasteiger partial charge in [0.05, 0.1) is 11.6 Å². The number of benzene rings is 2. The van der Waals surface area contributed by atoms with E-state index < -0.39 is 0 Å². The monoisotopic (exact) mass is 534 g/mol. The molecule has 0 spiro atoms. The molecule has 2 aliphatic rings. The van der Waals surface area contributed by atoms with E-state index in [1.807, 2.05) is 41.8 Å². The molecule has 8 heteroatoms. The van der Waals surface area contributed by atoms with Crippen LogP contribution in [0.4, 0.5) is 10.1 Å². The van der Waals surface area contributed by atoms with Crippen LogP contribution in [0.15, 0.2) is 36.4 Å². The quantitative estimate of drug-likeness (QED) is 0.526. The molecule has 2 saturated heterocycles. The zero-order valence-corrected chi connectivity index (χ0v) is 23.1. The Labute approximate surface area is 224 Å². The van der Waals surface area contributed by atoms with Crippen molar-refractivity contribution in [3.63, 3.8) is 0 Å². The number of hydrogen-bond acceptors (Lipinski definition) is 4. The van der Waals surface area contributed by atoms with Crippen molar-refractivity contribution in [1.82, 2.24) is 9.80 Å². The maximum Gasteiger partial charge on any atom is 0.227 e. The van der Waals surface area contributed by atoms with Crippen molar-refractivity contribution in [3.8, 4) is 0 Å². The number of carbonyl (C=O) groups excluding carboxylic acids is 1. The lowest BCUT2D eigenvalue weighted by Crippen LogP contribution is -2.51. The molecule has 0 radical (unpaired) electrons. The fraction of sp³-hybridized carbons (Fsp3) is 0.536. The molecule has 2 aliphatic heterocycles. The summed E-state index contributed by atoms with van der Waals surface area (Å²) < 4.78 is 15.0. The lowest BCUT2D eigenvalue weighted by Gasteiger charge is -2.39. The number of likely N-dealkylation sites (tertiary alicyclic amines) is 1. The summed E-state index contributed by atoms with van der Waals surface area (Å²) in [4.78, 5) is 20.1.